The van der Waals surface area contributed by atoms with E-state index in [2.05, 4.69) is 10.9 Å². The van der Waals surface area contributed by atoms with E-state index in [-0.39, 0.29) is 5.91 Å². The van der Waals surface area contributed by atoms with Crippen LogP contribution in [0.5, 0.6) is 0 Å². The summed E-state index contributed by atoms with van der Waals surface area (Å²) in [7, 11) is 0. The summed E-state index contributed by atoms with van der Waals surface area (Å²) in [4.78, 5) is 11.7. The van der Waals surface area contributed by atoms with Gasteiger partial charge < -0.3 is 0 Å². The van der Waals surface area contributed by atoms with Crippen LogP contribution < -0.4 is 10.9 Å². The molecule has 5 heteroatoms. The number of nitrogens with zero attached hydrogens (tertiary/aromatic N) is 1. The minimum atomic E-state index is -0.126. The summed E-state index contributed by atoms with van der Waals surface area (Å²) in [6, 6.07) is 7.44. The van der Waals surface area contributed by atoms with Crippen molar-refractivity contribution >= 4 is 17.9 Å². The predicted molar refractivity (Wildman–Crippen MR) is 60.4 cm³/mol. The maximum atomic E-state index is 11.7. The highest BCUT2D eigenvalue weighted by Gasteiger charge is 2.11. The highest BCUT2D eigenvalue weighted by Crippen LogP contribution is 2.11. The summed E-state index contributed by atoms with van der Waals surface area (Å²) < 4.78 is 1.54. The maximum absolute atomic E-state index is 11.7. The maximum Gasteiger partial charge on any atom is 0.267 e. The van der Waals surface area contributed by atoms with Gasteiger partial charge in [-0.3, -0.25) is 15.6 Å². The normalized spacial score (nSPS) is 15.0. The van der Waals surface area contributed by atoms with Crippen LogP contribution in [-0.2, 0) is 0 Å². The number of amides is 1. The van der Waals surface area contributed by atoms with Crippen molar-refractivity contribution in [1.29, 1.82) is 0 Å². The fraction of sp³-hybridized carbons (Fsp3) is 0.100. The first-order valence-corrected chi connectivity index (χ1v) is 5.35. The number of hydrogen-bond donors (Lipinski definition) is 2. The molecule has 0 aromatic heterocycles. The first kappa shape index (κ1) is 10.1. The number of benzene rings is 1. The summed E-state index contributed by atoms with van der Waals surface area (Å²) in [5, 5.41) is 1.84. The number of hydrogen-bond acceptors (Lipinski definition) is 4. The number of rotatable bonds is 2. The average molecular weight is 221 g/mol. The zero-order valence-corrected chi connectivity index (χ0v) is 9.04. The van der Waals surface area contributed by atoms with Crippen LogP contribution in [0.1, 0.15) is 15.9 Å². The van der Waals surface area contributed by atoms with Crippen molar-refractivity contribution in [1.82, 2.24) is 15.4 Å². The van der Waals surface area contributed by atoms with Crippen molar-refractivity contribution in [2.24, 2.45) is 0 Å². The summed E-state index contributed by atoms with van der Waals surface area (Å²) >= 11 is 1.38. The fourth-order valence-electron chi connectivity index (χ4n) is 1.14. The van der Waals surface area contributed by atoms with E-state index in [1.54, 1.807) is 22.9 Å². The third-order valence-electron chi connectivity index (χ3n) is 1.94. The van der Waals surface area contributed by atoms with Crippen LogP contribution in [0, 0.1) is 6.92 Å². The smallest absolute Gasteiger partial charge is 0.267 e. The number of carbonyl (C=O) groups is 1. The molecule has 1 aliphatic heterocycles. The molecule has 0 fully saturated rings. The molecule has 15 heavy (non-hydrogen) atoms. The lowest BCUT2D eigenvalue weighted by atomic mass is 10.1. The summed E-state index contributed by atoms with van der Waals surface area (Å²) in [5.41, 5.74) is 7.34. The Morgan fingerprint density at radius 1 is 1.40 bits per heavy atom. The lowest BCUT2D eigenvalue weighted by molar-refractivity contribution is 0.0871. The highest BCUT2D eigenvalue weighted by molar-refractivity contribution is 8.00. The van der Waals surface area contributed by atoms with Gasteiger partial charge in [-0.1, -0.05) is 22.2 Å². The topological polar surface area (TPSA) is 44.4 Å². The molecule has 0 unspecified atom stereocenters. The van der Waals surface area contributed by atoms with Crippen LogP contribution in [0.15, 0.2) is 35.9 Å². The lowest BCUT2D eigenvalue weighted by Gasteiger charge is -2.15. The molecule has 1 heterocycles. The number of carbonyl (C=O) groups excluding carboxylic acids is 1. The van der Waals surface area contributed by atoms with Crippen LogP contribution in [0.4, 0.5) is 0 Å². The average Bonchev–Trinajstić information content (AvgIpc) is 2.71. The van der Waals surface area contributed by atoms with Crippen LogP contribution >= 0.6 is 11.9 Å². The first-order valence-electron chi connectivity index (χ1n) is 4.51. The molecular weight excluding hydrogens is 210 g/mol. The monoisotopic (exact) mass is 221 g/mol. The summed E-state index contributed by atoms with van der Waals surface area (Å²) in [6.07, 6.45) is 1.75. The Hall–Kier alpha value is -1.46. The Bertz CT molecular complexity index is 380. The van der Waals surface area contributed by atoms with Gasteiger partial charge in [-0.25, -0.2) is 0 Å². The molecule has 0 atom stereocenters. The molecule has 1 aromatic carbocycles. The zero-order valence-electron chi connectivity index (χ0n) is 8.23. The van der Waals surface area contributed by atoms with E-state index in [0.717, 1.165) is 5.56 Å². The van der Waals surface area contributed by atoms with Crippen LogP contribution in [-0.4, -0.2) is 10.4 Å². The summed E-state index contributed by atoms with van der Waals surface area (Å²) in [5.74, 6) is -0.126. The van der Waals surface area contributed by atoms with E-state index >= 15 is 0 Å². The van der Waals surface area contributed by atoms with Gasteiger partial charge in [0.1, 0.15) is 0 Å². The molecule has 0 radical (unpaired) electrons. The molecule has 4 nitrogen and oxygen atoms in total. The standard InChI is InChI=1S/C10H11N3OS/c1-8-2-4-9(5-3-8)10(14)12-13-11-6-7-15-13/h2-7,11H,1H3,(H,12,14). The second-order valence-corrected chi connectivity index (χ2v) is 3.99. The van der Waals surface area contributed by atoms with E-state index in [1.165, 1.54) is 11.9 Å². The minimum absolute atomic E-state index is 0.126. The molecule has 2 rings (SSSR count). The number of aryl methyl sites for hydroxylation is 1. The SMILES string of the molecule is Cc1ccc(C(=O)NN2NC=CS2)cc1. The fourth-order valence-corrected chi connectivity index (χ4v) is 1.64. The Kier molecular flexibility index (Phi) is 2.94. The highest BCUT2D eigenvalue weighted by atomic mass is 32.2. The van der Waals surface area contributed by atoms with Gasteiger partial charge in [0.2, 0.25) is 0 Å². The van der Waals surface area contributed by atoms with Crippen LogP contribution in [0.2, 0.25) is 0 Å². The van der Waals surface area contributed by atoms with Crippen LogP contribution in [0.25, 0.3) is 0 Å². The lowest BCUT2D eigenvalue weighted by Crippen LogP contribution is -2.41. The van der Waals surface area contributed by atoms with Gasteiger partial charge >= 0.3 is 0 Å². The molecular formula is C10H11N3OS. The Morgan fingerprint density at radius 3 is 2.73 bits per heavy atom. The zero-order chi connectivity index (χ0) is 10.7. The molecule has 0 saturated carbocycles. The Balaban J connectivity index is 1.98. The molecule has 2 N–H and O–H groups in total. The van der Waals surface area contributed by atoms with Gasteiger partial charge in [0, 0.05) is 17.2 Å². The second kappa shape index (κ2) is 4.37. The van der Waals surface area contributed by atoms with Crippen molar-refractivity contribution in [2.45, 2.75) is 6.92 Å². The van der Waals surface area contributed by atoms with Crippen molar-refractivity contribution in [3.63, 3.8) is 0 Å². The molecule has 1 aliphatic rings. The van der Waals surface area contributed by atoms with Gasteiger partial charge in [-0.2, -0.15) is 0 Å². The molecule has 0 spiro atoms. The van der Waals surface area contributed by atoms with Gasteiger partial charge in [-0.15, -0.1) is 0 Å². The van der Waals surface area contributed by atoms with E-state index < -0.39 is 0 Å². The predicted octanol–water partition coefficient (Wildman–Crippen LogP) is 1.58. The van der Waals surface area contributed by atoms with Crippen molar-refractivity contribution in [3.8, 4) is 0 Å². The largest absolute Gasteiger partial charge is 0.298 e. The van der Waals surface area contributed by atoms with E-state index in [0.29, 0.717) is 5.56 Å². The van der Waals surface area contributed by atoms with Crippen molar-refractivity contribution in [3.05, 3.63) is 47.0 Å². The Labute approximate surface area is 92.4 Å². The number of hydrazine groups is 2. The molecule has 1 aromatic rings. The van der Waals surface area contributed by atoms with E-state index in [4.69, 9.17) is 0 Å². The molecule has 0 saturated heterocycles. The molecule has 0 bridgehead atoms. The van der Waals surface area contributed by atoms with E-state index in [1.807, 2.05) is 24.5 Å². The van der Waals surface area contributed by atoms with Gasteiger partial charge in [-0.05, 0) is 31.0 Å². The first-order chi connectivity index (χ1) is 7.25. The molecule has 0 aliphatic carbocycles. The van der Waals surface area contributed by atoms with Gasteiger partial charge in [0.25, 0.3) is 5.91 Å². The van der Waals surface area contributed by atoms with Gasteiger partial charge in [0.15, 0.2) is 0 Å². The van der Waals surface area contributed by atoms with Crippen molar-refractivity contribution < 1.29 is 4.79 Å². The van der Waals surface area contributed by atoms with Crippen LogP contribution in [0.3, 0.4) is 0 Å². The number of nitrogens with one attached hydrogen (secondary N) is 2. The third kappa shape index (κ3) is 2.51. The molecule has 78 valence electrons. The Morgan fingerprint density at radius 2 is 2.13 bits per heavy atom. The third-order valence-corrected chi connectivity index (χ3v) is 2.61. The minimum Gasteiger partial charge on any atom is -0.298 e. The van der Waals surface area contributed by atoms with Gasteiger partial charge in [0.05, 0.1) is 0 Å². The van der Waals surface area contributed by atoms with Crippen molar-refractivity contribution in [2.75, 3.05) is 0 Å². The van der Waals surface area contributed by atoms with E-state index in [9.17, 15) is 4.79 Å². The molecule has 1 amide bonds. The quantitative estimate of drug-likeness (QED) is 0.744. The summed E-state index contributed by atoms with van der Waals surface area (Å²) in [6.45, 7) is 1.99. The second-order valence-electron chi connectivity index (χ2n) is 3.14.